The molecule has 0 aromatic carbocycles. The molecule has 7 heteroatoms. The Morgan fingerprint density at radius 2 is 1.93 bits per heavy atom. The molecule has 3 rings (SSSR count). The van der Waals surface area contributed by atoms with Crippen molar-refractivity contribution in [2.75, 3.05) is 26.2 Å². The lowest BCUT2D eigenvalue weighted by molar-refractivity contribution is 0.0946. The van der Waals surface area contributed by atoms with Gasteiger partial charge >= 0.3 is 0 Å². The van der Waals surface area contributed by atoms with E-state index in [-0.39, 0.29) is 17.4 Å². The van der Waals surface area contributed by atoms with Crippen LogP contribution in [0.25, 0.3) is 10.2 Å². The fourth-order valence-electron chi connectivity index (χ4n) is 3.57. The van der Waals surface area contributed by atoms with Gasteiger partial charge in [-0.05, 0) is 64.2 Å². The molecule has 1 saturated heterocycles. The second-order valence-corrected chi connectivity index (χ2v) is 8.04. The number of rotatable bonds is 6. The molecule has 0 unspecified atom stereocenters. The maximum absolute atomic E-state index is 12.8. The third kappa shape index (κ3) is 4.94. The van der Waals surface area contributed by atoms with E-state index < -0.39 is 11.5 Å². The van der Waals surface area contributed by atoms with Crippen molar-refractivity contribution < 1.29 is 9.90 Å². The third-order valence-corrected chi connectivity index (χ3v) is 5.83. The summed E-state index contributed by atoms with van der Waals surface area (Å²) in [5, 5.41) is 15.7. The van der Waals surface area contributed by atoms with Crippen LogP contribution in [0.15, 0.2) is 16.2 Å². The number of nitrogens with zero attached hydrogens (tertiary/aromatic N) is 2. The van der Waals surface area contributed by atoms with Crippen molar-refractivity contribution in [3.63, 3.8) is 0 Å². The van der Waals surface area contributed by atoms with E-state index in [2.05, 4.69) is 10.2 Å². The van der Waals surface area contributed by atoms with Crippen LogP contribution in [-0.2, 0) is 0 Å². The first-order valence-electron chi connectivity index (χ1n) is 10.4. The van der Waals surface area contributed by atoms with E-state index in [1.807, 2.05) is 33.1 Å². The van der Waals surface area contributed by atoms with E-state index in [4.69, 9.17) is 0 Å². The number of piperidine rings is 1. The first-order valence-corrected chi connectivity index (χ1v) is 11.2. The summed E-state index contributed by atoms with van der Waals surface area (Å²) in [4.78, 5) is 28.5. The van der Waals surface area contributed by atoms with Gasteiger partial charge in [-0.3, -0.25) is 14.2 Å². The number of amides is 1. The van der Waals surface area contributed by atoms with Gasteiger partial charge in [-0.15, -0.1) is 11.3 Å². The molecule has 2 aromatic rings. The van der Waals surface area contributed by atoms with Gasteiger partial charge in [0.15, 0.2) is 0 Å². The van der Waals surface area contributed by atoms with Crippen LogP contribution >= 0.6 is 11.3 Å². The average molecular weight is 408 g/mol. The molecule has 0 bridgehead atoms. The molecule has 0 atom stereocenters. The highest BCUT2D eigenvalue weighted by Gasteiger charge is 2.23. The molecule has 0 aliphatic carbocycles. The summed E-state index contributed by atoms with van der Waals surface area (Å²) in [5.41, 5.74) is -0.580. The molecule has 1 amide bonds. The van der Waals surface area contributed by atoms with Crippen molar-refractivity contribution in [2.24, 2.45) is 0 Å². The Bertz CT molecular complexity index is 835. The van der Waals surface area contributed by atoms with Crippen molar-refractivity contribution in [2.45, 2.75) is 59.4 Å². The zero-order valence-corrected chi connectivity index (χ0v) is 18.3. The van der Waals surface area contributed by atoms with Gasteiger partial charge in [0, 0.05) is 12.6 Å². The van der Waals surface area contributed by atoms with Gasteiger partial charge in [0.2, 0.25) is 0 Å². The normalized spacial score (nSPS) is 14.8. The zero-order chi connectivity index (χ0) is 20.7. The lowest BCUT2D eigenvalue weighted by Gasteiger charge is -2.26. The highest BCUT2D eigenvalue weighted by molar-refractivity contribution is 7.16. The minimum absolute atomic E-state index is 0.0881. The Morgan fingerprint density at radius 3 is 2.57 bits per heavy atom. The fraction of sp³-hybridized carbons (Fsp3) is 0.619. The van der Waals surface area contributed by atoms with Crippen LogP contribution in [0.4, 0.5) is 0 Å². The van der Waals surface area contributed by atoms with Gasteiger partial charge in [-0.1, -0.05) is 20.3 Å². The summed E-state index contributed by atoms with van der Waals surface area (Å²) in [5.74, 6) is -0.703. The first-order chi connectivity index (χ1) is 13.5. The third-order valence-electron chi connectivity index (χ3n) is 4.92. The molecule has 0 spiro atoms. The maximum atomic E-state index is 12.8. The van der Waals surface area contributed by atoms with Crippen molar-refractivity contribution >= 4 is 27.5 Å². The lowest BCUT2D eigenvalue weighted by Crippen LogP contribution is -2.36. The summed E-state index contributed by atoms with van der Waals surface area (Å²) < 4.78 is 1.59. The van der Waals surface area contributed by atoms with Crippen molar-refractivity contribution in [1.29, 1.82) is 0 Å². The van der Waals surface area contributed by atoms with Crippen molar-refractivity contribution in [3.05, 3.63) is 27.4 Å². The number of carbonyl (C=O) groups is 1. The van der Waals surface area contributed by atoms with E-state index >= 15 is 0 Å². The first kappa shape index (κ1) is 22.4. The Kier molecular flexibility index (Phi) is 8.51. The van der Waals surface area contributed by atoms with Crippen LogP contribution in [0.5, 0.6) is 5.75 Å². The van der Waals surface area contributed by atoms with Crippen LogP contribution < -0.4 is 10.9 Å². The summed E-state index contributed by atoms with van der Waals surface area (Å²) in [6, 6.07) is 1.66. The number of thiophene rings is 1. The number of hydrogen-bond donors (Lipinski definition) is 2. The number of likely N-dealkylation sites (tertiary alicyclic amines) is 1. The molecular weight excluding hydrogens is 374 g/mol. The molecule has 3 heterocycles. The molecule has 1 aliphatic heterocycles. The lowest BCUT2D eigenvalue weighted by atomic mass is 10.1. The van der Waals surface area contributed by atoms with Gasteiger partial charge in [0.25, 0.3) is 11.5 Å². The second kappa shape index (κ2) is 10.6. The molecule has 6 nitrogen and oxygen atoms in total. The van der Waals surface area contributed by atoms with Crippen LogP contribution in [0.3, 0.4) is 0 Å². The van der Waals surface area contributed by atoms with Crippen molar-refractivity contribution in [1.82, 2.24) is 14.8 Å². The topological polar surface area (TPSA) is 74.6 Å². The van der Waals surface area contributed by atoms with E-state index in [0.29, 0.717) is 16.8 Å². The van der Waals surface area contributed by atoms with Crippen LogP contribution in [0.2, 0.25) is 0 Å². The molecule has 2 N–H and O–H groups in total. The standard InChI is InChI=1S/C19H27N3O3S.C2H6/c1-13(2)22-18(25)15(16(23)14-7-12-26-19(14)22)17(24)20-8-6-11-21-9-4-3-5-10-21;1-2/h7,12-13,23H,3-6,8-11H2,1-2H3,(H,20,24);1-2H3. The smallest absolute Gasteiger partial charge is 0.268 e. The number of carbonyl (C=O) groups excluding carboxylic acids is 1. The molecule has 1 aliphatic rings. The number of fused-ring (bicyclic) bond motifs is 1. The summed E-state index contributed by atoms with van der Waals surface area (Å²) in [7, 11) is 0. The van der Waals surface area contributed by atoms with E-state index in [1.165, 1.54) is 30.6 Å². The molecule has 156 valence electrons. The van der Waals surface area contributed by atoms with E-state index in [9.17, 15) is 14.7 Å². The van der Waals surface area contributed by atoms with Crippen LogP contribution in [-0.4, -0.2) is 46.7 Å². The van der Waals surface area contributed by atoms with Gasteiger partial charge < -0.3 is 15.3 Å². The SMILES string of the molecule is CC.CC(C)n1c(=O)c(C(=O)NCCCN2CCCCC2)c(O)c2ccsc21. The fourth-order valence-corrected chi connectivity index (χ4v) is 4.60. The molecule has 2 aromatic heterocycles. The highest BCUT2D eigenvalue weighted by Crippen LogP contribution is 2.31. The Balaban J connectivity index is 0.00000136. The zero-order valence-electron chi connectivity index (χ0n) is 17.5. The van der Waals surface area contributed by atoms with Gasteiger partial charge in [0.1, 0.15) is 16.1 Å². The molecule has 1 fully saturated rings. The van der Waals surface area contributed by atoms with Gasteiger partial charge in [-0.2, -0.15) is 0 Å². The van der Waals surface area contributed by atoms with Crippen LogP contribution in [0.1, 0.15) is 69.8 Å². The van der Waals surface area contributed by atoms with Crippen LogP contribution in [0, 0.1) is 0 Å². The number of pyridine rings is 1. The molecule has 0 saturated carbocycles. The predicted molar refractivity (Wildman–Crippen MR) is 117 cm³/mol. The second-order valence-electron chi connectivity index (χ2n) is 7.14. The number of nitrogens with one attached hydrogen (secondary N) is 1. The Hall–Kier alpha value is -1.86. The Labute approximate surface area is 171 Å². The monoisotopic (exact) mass is 407 g/mol. The van der Waals surface area contributed by atoms with Gasteiger partial charge in [0.05, 0.1) is 5.39 Å². The summed E-state index contributed by atoms with van der Waals surface area (Å²) in [6.45, 7) is 11.5. The van der Waals surface area contributed by atoms with Gasteiger partial charge in [-0.25, -0.2) is 0 Å². The Morgan fingerprint density at radius 1 is 1.25 bits per heavy atom. The minimum Gasteiger partial charge on any atom is -0.506 e. The molecule has 0 radical (unpaired) electrons. The maximum Gasteiger partial charge on any atom is 0.268 e. The number of hydrogen-bond acceptors (Lipinski definition) is 5. The van der Waals surface area contributed by atoms with E-state index in [1.54, 1.807) is 10.6 Å². The van der Waals surface area contributed by atoms with E-state index in [0.717, 1.165) is 26.1 Å². The van der Waals surface area contributed by atoms with Crippen molar-refractivity contribution in [3.8, 4) is 5.75 Å². The minimum atomic E-state index is -0.492. The quantitative estimate of drug-likeness (QED) is 0.710. The predicted octanol–water partition coefficient (Wildman–Crippen LogP) is 3.98. The molecular formula is C21H33N3O3S. The number of aromatic nitrogens is 1. The summed E-state index contributed by atoms with van der Waals surface area (Å²) in [6.07, 6.45) is 4.64. The molecule has 28 heavy (non-hydrogen) atoms. The summed E-state index contributed by atoms with van der Waals surface area (Å²) >= 11 is 1.39. The largest absolute Gasteiger partial charge is 0.506 e. The highest BCUT2D eigenvalue weighted by atomic mass is 32.1. The average Bonchev–Trinajstić information content (AvgIpc) is 3.17. The number of aromatic hydroxyl groups is 1.